The number of amides is 2. The maximum Gasteiger partial charge on any atom is 0.242 e. The molecule has 4 nitrogen and oxygen atoms in total. The van der Waals surface area contributed by atoms with Gasteiger partial charge in [-0.15, -0.1) is 0 Å². The Hall–Kier alpha value is -1.26. The van der Waals surface area contributed by atoms with Gasteiger partial charge in [-0.05, 0) is 44.4 Å². The molecule has 0 fully saturated rings. The van der Waals surface area contributed by atoms with Crippen LogP contribution in [0.25, 0.3) is 0 Å². The Morgan fingerprint density at radius 2 is 1.88 bits per heavy atom. The molecular weight excluding hydrogens is 347 g/mol. The Balaban J connectivity index is 2.98. The monoisotopic (exact) mass is 372 g/mol. The maximum absolute atomic E-state index is 12.5. The van der Waals surface area contributed by atoms with Crippen LogP contribution in [0.2, 0.25) is 10.0 Å². The van der Waals surface area contributed by atoms with E-state index in [1.807, 2.05) is 20.8 Å². The molecular formula is C18H26Cl2N2O2. The predicted molar refractivity (Wildman–Crippen MR) is 99.3 cm³/mol. The van der Waals surface area contributed by atoms with E-state index < -0.39 is 6.04 Å². The van der Waals surface area contributed by atoms with Gasteiger partial charge in [-0.25, -0.2) is 0 Å². The van der Waals surface area contributed by atoms with E-state index in [0.29, 0.717) is 16.5 Å². The normalized spacial score (nSPS) is 13.2. The van der Waals surface area contributed by atoms with Crippen LogP contribution in [0, 0.1) is 0 Å². The Bertz CT molecular complexity index is 578. The van der Waals surface area contributed by atoms with Crippen LogP contribution < -0.4 is 5.32 Å². The van der Waals surface area contributed by atoms with Crippen molar-refractivity contribution < 1.29 is 9.59 Å². The first kappa shape index (κ1) is 20.8. The zero-order valence-electron chi connectivity index (χ0n) is 14.7. The summed E-state index contributed by atoms with van der Waals surface area (Å²) in [7, 11) is 0. The zero-order chi connectivity index (χ0) is 18.3. The van der Waals surface area contributed by atoms with Crippen molar-refractivity contribution in [2.45, 2.75) is 65.6 Å². The molecule has 0 saturated heterocycles. The molecule has 0 radical (unpaired) electrons. The number of rotatable bonds is 8. The summed E-state index contributed by atoms with van der Waals surface area (Å²) >= 11 is 12.1. The summed E-state index contributed by atoms with van der Waals surface area (Å²) in [5.74, 6) is -0.214. The fraction of sp³-hybridized carbons (Fsp3) is 0.556. The van der Waals surface area contributed by atoms with Crippen LogP contribution >= 0.6 is 23.2 Å². The van der Waals surface area contributed by atoms with Gasteiger partial charge >= 0.3 is 0 Å². The van der Waals surface area contributed by atoms with Gasteiger partial charge in [0.1, 0.15) is 6.04 Å². The van der Waals surface area contributed by atoms with Crippen molar-refractivity contribution in [1.29, 1.82) is 0 Å². The summed E-state index contributed by atoms with van der Waals surface area (Å²) in [5.41, 5.74) is 0.772. The highest BCUT2D eigenvalue weighted by molar-refractivity contribution is 6.35. The molecule has 0 heterocycles. The van der Waals surface area contributed by atoms with E-state index >= 15 is 0 Å². The van der Waals surface area contributed by atoms with Gasteiger partial charge < -0.3 is 10.2 Å². The molecule has 0 bridgehead atoms. The average molecular weight is 373 g/mol. The highest BCUT2D eigenvalue weighted by Gasteiger charge is 2.26. The number of carbonyl (C=O) groups excluding carboxylic acids is 2. The summed E-state index contributed by atoms with van der Waals surface area (Å²) in [6.45, 7) is 7.91. The van der Waals surface area contributed by atoms with Crippen LogP contribution in [0.15, 0.2) is 18.2 Å². The summed E-state index contributed by atoms with van der Waals surface area (Å²) in [4.78, 5) is 26.5. The van der Waals surface area contributed by atoms with Crippen LogP contribution in [-0.2, 0) is 16.1 Å². The molecule has 0 aliphatic carbocycles. The van der Waals surface area contributed by atoms with Crippen molar-refractivity contribution >= 4 is 35.0 Å². The molecule has 24 heavy (non-hydrogen) atoms. The van der Waals surface area contributed by atoms with Gasteiger partial charge in [-0.2, -0.15) is 0 Å². The van der Waals surface area contributed by atoms with Crippen molar-refractivity contribution in [1.82, 2.24) is 10.2 Å². The number of hydrogen-bond acceptors (Lipinski definition) is 2. The predicted octanol–water partition coefficient (Wildman–Crippen LogP) is 4.43. The lowest BCUT2D eigenvalue weighted by molar-refractivity contribution is -0.140. The Kier molecular flexibility index (Phi) is 8.57. The quantitative estimate of drug-likeness (QED) is 0.733. The minimum absolute atomic E-state index is 0.0599. The standard InChI is InChI=1S/C18H26Cl2N2O2/c1-5-7-17(23)22(13(4)18(24)21-12(3)6-2)11-14-8-9-15(19)10-16(14)20/h8-10,12-13H,5-7,11H2,1-4H3,(H,21,24)/t12-,13+/m0/s1. The molecule has 2 amide bonds. The number of nitrogens with one attached hydrogen (secondary N) is 1. The van der Waals surface area contributed by atoms with Gasteiger partial charge in [-0.1, -0.05) is 43.1 Å². The second kappa shape index (κ2) is 9.90. The average Bonchev–Trinajstić information content (AvgIpc) is 2.53. The van der Waals surface area contributed by atoms with Gasteiger partial charge in [0.25, 0.3) is 0 Å². The van der Waals surface area contributed by atoms with E-state index in [4.69, 9.17) is 23.2 Å². The molecule has 0 saturated carbocycles. The maximum atomic E-state index is 12.5. The fourth-order valence-electron chi connectivity index (χ4n) is 2.24. The third kappa shape index (κ3) is 5.99. The molecule has 0 aliphatic rings. The summed E-state index contributed by atoms with van der Waals surface area (Å²) in [5, 5.41) is 3.96. The lowest BCUT2D eigenvalue weighted by atomic mass is 10.1. The topological polar surface area (TPSA) is 49.4 Å². The number of halogens is 2. The van der Waals surface area contributed by atoms with Crippen LogP contribution in [0.3, 0.4) is 0 Å². The number of benzene rings is 1. The molecule has 0 aromatic heterocycles. The lowest BCUT2D eigenvalue weighted by Crippen LogP contribution is -2.49. The van der Waals surface area contributed by atoms with E-state index in [1.54, 1.807) is 30.0 Å². The largest absolute Gasteiger partial charge is 0.352 e. The Labute approximate surface area is 154 Å². The number of hydrogen-bond donors (Lipinski definition) is 1. The van der Waals surface area contributed by atoms with Crippen LogP contribution in [0.1, 0.15) is 52.5 Å². The van der Waals surface area contributed by atoms with Gasteiger partial charge in [0, 0.05) is 29.1 Å². The first-order valence-electron chi connectivity index (χ1n) is 8.33. The summed E-state index contributed by atoms with van der Waals surface area (Å²) in [6.07, 6.45) is 1.96. The Morgan fingerprint density at radius 1 is 1.21 bits per heavy atom. The molecule has 1 rings (SSSR count). The van der Waals surface area contributed by atoms with E-state index in [-0.39, 0.29) is 24.4 Å². The molecule has 2 atom stereocenters. The summed E-state index contributed by atoms with van der Waals surface area (Å²) in [6, 6.07) is 4.67. The lowest BCUT2D eigenvalue weighted by Gasteiger charge is -2.30. The van der Waals surface area contributed by atoms with Gasteiger partial charge in [0.15, 0.2) is 0 Å². The highest BCUT2D eigenvalue weighted by Crippen LogP contribution is 2.23. The molecule has 1 N–H and O–H groups in total. The first-order chi connectivity index (χ1) is 11.3. The molecule has 134 valence electrons. The Morgan fingerprint density at radius 3 is 2.42 bits per heavy atom. The molecule has 1 aromatic rings. The number of carbonyl (C=O) groups is 2. The van der Waals surface area contributed by atoms with Crippen molar-refractivity contribution in [2.24, 2.45) is 0 Å². The van der Waals surface area contributed by atoms with Crippen molar-refractivity contribution in [3.63, 3.8) is 0 Å². The van der Waals surface area contributed by atoms with E-state index in [2.05, 4.69) is 5.32 Å². The van der Waals surface area contributed by atoms with Gasteiger partial charge in [-0.3, -0.25) is 9.59 Å². The van der Waals surface area contributed by atoms with Crippen LogP contribution in [0.4, 0.5) is 0 Å². The highest BCUT2D eigenvalue weighted by atomic mass is 35.5. The van der Waals surface area contributed by atoms with Crippen molar-refractivity contribution in [3.05, 3.63) is 33.8 Å². The molecule has 1 aromatic carbocycles. The smallest absolute Gasteiger partial charge is 0.242 e. The SMILES string of the molecule is CCCC(=O)N(Cc1ccc(Cl)cc1Cl)[C@H](C)C(=O)N[C@@H](C)CC. The third-order valence-corrected chi connectivity index (χ3v) is 4.57. The molecule has 6 heteroatoms. The van der Waals surface area contributed by atoms with Crippen molar-refractivity contribution in [3.8, 4) is 0 Å². The minimum Gasteiger partial charge on any atom is -0.352 e. The van der Waals surface area contributed by atoms with Crippen LogP contribution in [-0.4, -0.2) is 28.8 Å². The first-order valence-corrected chi connectivity index (χ1v) is 9.09. The summed E-state index contributed by atoms with van der Waals surface area (Å²) < 4.78 is 0. The second-order valence-corrected chi connectivity index (χ2v) is 6.84. The second-order valence-electron chi connectivity index (χ2n) is 6.00. The fourth-order valence-corrected chi connectivity index (χ4v) is 2.71. The van der Waals surface area contributed by atoms with E-state index in [9.17, 15) is 9.59 Å². The number of nitrogens with zero attached hydrogens (tertiary/aromatic N) is 1. The van der Waals surface area contributed by atoms with E-state index in [1.165, 1.54) is 0 Å². The van der Waals surface area contributed by atoms with Gasteiger partial charge in [0.2, 0.25) is 11.8 Å². The molecule has 0 spiro atoms. The molecule has 0 aliphatic heterocycles. The minimum atomic E-state index is -0.565. The van der Waals surface area contributed by atoms with Crippen molar-refractivity contribution in [2.75, 3.05) is 0 Å². The molecule has 0 unspecified atom stereocenters. The van der Waals surface area contributed by atoms with E-state index in [0.717, 1.165) is 18.4 Å². The van der Waals surface area contributed by atoms with Gasteiger partial charge in [0.05, 0.1) is 0 Å². The third-order valence-electron chi connectivity index (χ3n) is 3.99. The van der Waals surface area contributed by atoms with Crippen LogP contribution in [0.5, 0.6) is 0 Å². The zero-order valence-corrected chi connectivity index (χ0v) is 16.2.